The number of piperidine rings is 1. The summed E-state index contributed by atoms with van der Waals surface area (Å²) in [4.78, 5) is 38.0. The second-order valence-corrected chi connectivity index (χ2v) is 7.34. The summed E-state index contributed by atoms with van der Waals surface area (Å²) in [5, 5.41) is 0. The van der Waals surface area contributed by atoms with Crippen LogP contribution in [-0.4, -0.2) is 54.0 Å². The Balaban J connectivity index is 1.87. The van der Waals surface area contributed by atoms with Gasteiger partial charge in [-0.2, -0.15) is 0 Å². The van der Waals surface area contributed by atoms with Crippen LogP contribution in [0.2, 0.25) is 0 Å². The van der Waals surface area contributed by atoms with Crippen molar-refractivity contribution in [2.45, 2.75) is 64.6 Å². The van der Waals surface area contributed by atoms with E-state index in [4.69, 9.17) is 9.47 Å². The molecule has 2 aliphatic rings. The van der Waals surface area contributed by atoms with Crippen LogP contribution in [0.3, 0.4) is 0 Å². The predicted molar refractivity (Wildman–Crippen MR) is 84.1 cm³/mol. The van der Waals surface area contributed by atoms with Crippen LogP contribution in [0.25, 0.3) is 0 Å². The fraction of sp³-hybridized carbons (Fsp3) is 0.824. The van der Waals surface area contributed by atoms with Crippen LogP contribution < -0.4 is 0 Å². The third-order valence-electron chi connectivity index (χ3n) is 4.20. The predicted octanol–water partition coefficient (Wildman–Crippen LogP) is 2.34. The van der Waals surface area contributed by atoms with E-state index >= 15 is 0 Å². The second-order valence-electron chi connectivity index (χ2n) is 7.34. The van der Waals surface area contributed by atoms with Crippen molar-refractivity contribution >= 4 is 17.7 Å². The van der Waals surface area contributed by atoms with Gasteiger partial charge in [-0.15, -0.1) is 0 Å². The molecule has 0 spiro atoms. The van der Waals surface area contributed by atoms with Crippen molar-refractivity contribution in [1.29, 1.82) is 0 Å². The maximum absolute atomic E-state index is 12.4. The van der Waals surface area contributed by atoms with Gasteiger partial charge in [0.1, 0.15) is 17.2 Å². The Hall–Kier alpha value is -1.43. The lowest BCUT2D eigenvalue weighted by atomic mass is 9.89. The normalized spacial score (nSPS) is 25.5. The van der Waals surface area contributed by atoms with E-state index in [1.54, 1.807) is 20.8 Å². The van der Waals surface area contributed by atoms with E-state index in [-0.39, 0.29) is 30.6 Å². The molecule has 0 N–H and O–H groups in total. The molecule has 23 heavy (non-hydrogen) atoms. The highest BCUT2D eigenvalue weighted by Gasteiger charge is 2.36. The Morgan fingerprint density at radius 3 is 2.70 bits per heavy atom. The highest BCUT2D eigenvalue weighted by molar-refractivity contribution is 6.03. The zero-order valence-electron chi connectivity index (χ0n) is 14.3. The molecule has 0 saturated carbocycles. The number of Topliss-reactive ketones (excluding diaryl/α,β-unsaturated/α-hetero) is 2. The van der Waals surface area contributed by atoms with Crippen molar-refractivity contribution in [3.05, 3.63) is 0 Å². The van der Waals surface area contributed by atoms with Gasteiger partial charge in [-0.25, -0.2) is 4.79 Å². The second kappa shape index (κ2) is 7.43. The summed E-state index contributed by atoms with van der Waals surface area (Å²) in [6.45, 7) is 6.60. The Kier molecular flexibility index (Phi) is 5.79. The molecule has 1 amide bonds. The van der Waals surface area contributed by atoms with Gasteiger partial charge in [0.25, 0.3) is 0 Å². The number of hydrogen-bond acceptors (Lipinski definition) is 5. The quantitative estimate of drug-likeness (QED) is 0.742. The molecule has 6 heteroatoms. The van der Waals surface area contributed by atoms with Crippen molar-refractivity contribution in [1.82, 2.24) is 4.90 Å². The minimum absolute atomic E-state index is 0.0675. The third kappa shape index (κ3) is 5.30. The number of nitrogens with zero attached hydrogens (tertiary/aromatic N) is 1. The number of likely N-dealkylation sites (tertiary alicyclic amines) is 1. The molecule has 130 valence electrons. The number of ether oxygens (including phenoxy) is 2. The molecule has 2 rings (SSSR count). The molecule has 0 aromatic carbocycles. The van der Waals surface area contributed by atoms with Crippen molar-refractivity contribution < 1.29 is 23.9 Å². The number of ketones is 2. The number of hydrogen-bond donors (Lipinski definition) is 0. The lowest BCUT2D eigenvalue weighted by Crippen LogP contribution is -2.48. The van der Waals surface area contributed by atoms with E-state index in [0.717, 1.165) is 19.4 Å². The highest BCUT2D eigenvalue weighted by atomic mass is 16.6. The lowest BCUT2D eigenvalue weighted by Gasteiger charge is -2.32. The lowest BCUT2D eigenvalue weighted by molar-refractivity contribution is -0.136. The van der Waals surface area contributed by atoms with E-state index in [0.29, 0.717) is 19.4 Å². The standard InChI is InChI=1S/C17H27NO5/c1-17(2,3)23-16(21)18-9-8-15(20)13(11-18)14(19)7-6-12-5-4-10-22-12/h12-13H,4-11H2,1-3H3. The van der Waals surface area contributed by atoms with Crippen LogP contribution in [0.1, 0.15) is 52.9 Å². The van der Waals surface area contributed by atoms with Crippen LogP contribution in [0.15, 0.2) is 0 Å². The van der Waals surface area contributed by atoms with Crippen LogP contribution in [0.5, 0.6) is 0 Å². The zero-order chi connectivity index (χ0) is 17.0. The Morgan fingerprint density at radius 2 is 2.09 bits per heavy atom. The van der Waals surface area contributed by atoms with Crippen molar-refractivity contribution in [2.75, 3.05) is 19.7 Å². The molecular formula is C17H27NO5. The molecule has 2 saturated heterocycles. The van der Waals surface area contributed by atoms with Gasteiger partial charge in [0.15, 0.2) is 0 Å². The molecule has 2 fully saturated rings. The molecule has 0 aliphatic carbocycles. The van der Waals surface area contributed by atoms with Gasteiger partial charge < -0.3 is 14.4 Å². The summed E-state index contributed by atoms with van der Waals surface area (Å²) in [5.41, 5.74) is -0.585. The van der Waals surface area contributed by atoms with Crippen molar-refractivity contribution in [3.8, 4) is 0 Å². The molecular weight excluding hydrogens is 298 g/mol. The summed E-state index contributed by atoms with van der Waals surface area (Å²) >= 11 is 0. The van der Waals surface area contributed by atoms with E-state index in [1.165, 1.54) is 4.90 Å². The van der Waals surface area contributed by atoms with E-state index in [1.807, 2.05) is 0 Å². The molecule has 2 atom stereocenters. The first kappa shape index (κ1) is 17.9. The molecule has 0 aromatic rings. The zero-order valence-corrected chi connectivity index (χ0v) is 14.3. The van der Waals surface area contributed by atoms with Crippen molar-refractivity contribution in [3.63, 3.8) is 0 Å². The molecule has 0 aromatic heterocycles. The third-order valence-corrected chi connectivity index (χ3v) is 4.20. The molecule has 2 unspecified atom stereocenters. The van der Waals surface area contributed by atoms with E-state index in [2.05, 4.69) is 0 Å². The topological polar surface area (TPSA) is 72.9 Å². The van der Waals surface area contributed by atoms with Crippen LogP contribution in [0, 0.1) is 5.92 Å². The van der Waals surface area contributed by atoms with E-state index in [9.17, 15) is 14.4 Å². The Bertz CT molecular complexity index is 462. The molecule has 2 heterocycles. The monoisotopic (exact) mass is 325 g/mol. The van der Waals surface area contributed by atoms with Crippen LogP contribution >= 0.6 is 0 Å². The van der Waals surface area contributed by atoms with Crippen LogP contribution in [0.4, 0.5) is 4.79 Å². The number of carbonyl (C=O) groups is 3. The minimum atomic E-state index is -0.710. The largest absolute Gasteiger partial charge is 0.444 e. The number of rotatable bonds is 4. The first-order valence-electron chi connectivity index (χ1n) is 8.41. The van der Waals surface area contributed by atoms with Gasteiger partial charge >= 0.3 is 6.09 Å². The van der Waals surface area contributed by atoms with Gasteiger partial charge in [-0.05, 0) is 40.0 Å². The summed E-state index contributed by atoms with van der Waals surface area (Å²) < 4.78 is 10.8. The smallest absolute Gasteiger partial charge is 0.410 e. The molecule has 6 nitrogen and oxygen atoms in total. The average molecular weight is 325 g/mol. The van der Waals surface area contributed by atoms with Gasteiger partial charge in [-0.3, -0.25) is 9.59 Å². The van der Waals surface area contributed by atoms with Gasteiger partial charge in [0.2, 0.25) is 0 Å². The first-order valence-corrected chi connectivity index (χ1v) is 8.41. The summed E-state index contributed by atoms with van der Waals surface area (Å²) in [6.07, 6.45) is 2.92. The van der Waals surface area contributed by atoms with Crippen molar-refractivity contribution in [2.24, 2.45) is 5.92 Å². The molecule has 2 aliphatic heterocycles. The maximum atomic E-state index is 12.4. The van der Waals surface area contributed by atoms with E-state index < -0.39 is 17.6 Å². The number of amides is 1. The SMILES string of the molecule is CC(C)(C)OC(=O)N1CCC(=O)C(C(=O)CCC2CCCO2)C1. The van der Waals surface area contributed by atoms with Gasteiger partial charge in [0, 0.05) is 32.5 Å². The number of carbonyl (C=O) groups excluding carboxylic acids is 3. The summed E-state index contributed by atoms with van der Waals surface area (Å²) in [5.74, 6) is -0.862. The Morgan fingerprint density at radius 1 is 1.35 bits per heavy atom. The fourth-order valence-electron chi connectivity index (χ4n) is 2.96. The Labute approximate surface area is 137 Å². The van der Waals surface area contributed by atoms with Crippen LogP contribution in [-0.2, 0) is 19.1 Å². The average Bonchev–Trinajstić information content (AvgIpc) is 2.96. The van der Waals surface area contributed by atoms with Gasteiger partial charge in [0.05, 0.1) is 12.0 Å². The maximum Gasteiger partial charge on any atom is 0.410 e. The molecule has 0 bridgehead atoms. The summed E-state index contributed by atoms with van der Waals surface area (Å²) in [6, 6.07) is 0. The first-order chi connectivity index (χ1) is 10.8. The summed E-state index contributed by atoms with van der Waals surface area (Å²) in [7, 11) is 0. The highest BCUT2D eigenvalue weighted by Crippen LogP contribution is 2.22. The fourth-order valence-corrected chi connectivity index (χ4v) is 2.96. The molecule has 0 radical (unpaired) electrons. The minimum Gasteiger partial charge on any atom is -0.444 e. The van der Waals surface area contributed by atoms with Gasteiger partial charge in [-0.1, -0.05) is 0 Å².